The molecule has 0 amide bonds. The minimum Gasteiger partial charge on any atom is -0.392 e. The Morgan fingerprint density at radius 2 is 2.13 bits per heavy atom. The smallest absolute Gasteiger partial charge is 0.204 e. The lowest BCUT2D eigenvalue weighted by molar-refractivity contribution is 0.208. The van der Waals surface area contributed by atoms with Crippen LogP contribution in [-0.2, 0) is 13.0 Å². The highest BCUT2D eigenvalue weighted by Crippen LogP contribution is 2.24. The first kappa shape index (κ1) is 15.6. The second-order valence-corrected chi connectivity index (χ2v) is 5.76. The van der Waals surface area contributed by atoms with Crippen LogP contribution >= 0.6 is 0 Å². The number of nitrogens with one attached hydrogen (secondary N) is 1. The molecule has 1 unspecified atom stereocenters. The van der Waals surface area contributed by atoms with Crippen molar-refractivity contribution in [2.45, 2.75) is 39.8 Å². The summed E-state index contributed by atoms with van der Waals surface area (Å²) >= 11 is 0. The molecule has 0 aliphatic heterocycles. The monoisotopic (exact) mass is 314 g/mol. The van der Waals surface area contributed by atoms with Crippen molar-refractivity contribution in [3.8, 4) is 0 Å². The molecule has 0 saturated heterocycles. The van der Waals surface area contributed by atoms with E-state index >= 15 is 0 Å². The van der Waals surface area contributed by atoms with E-state index < -0.39 is 6.10 Å². The lowest BCUT2D eigenvalue weighted by atomic mass is 10.1. The zero-order valence-electron chi connectivity index (χ0n) is 13.7. The van der Waals surface area contributed by atoms with E-state index in [2.05, 4.69) is 26.9 Å². The Kier molecular flexibility index (Phi) is 4.34. The van der Waals surface area contributed by atoms with Gasteiger partial charge in [-0.15, -0.1) is 0 Å². The summed E-state index contributed by atoms with van der Waals surface area (Å²) in [6, 6.07) is 8.01. The van der Waals surface area contributed by atoms with E-state index in [4.69, 9.17) is 4.52 Å². The first-order chi connectivity index (χ1) is 11.1. The molecule has 1 atom stereocenters. The Hall–Kier alpha value is -2.34. The largest absolute Gasteiger partial charge is 0.392 e. The number of anilines is 1. The van der Waals surface area contributed by atoms with Crippen molar-refractivity contribution in [1.29, 1.82) is 0 Å². The van der Waals surface area contributed by atoms with Crippen LogP contribution in [0.3, 0.4) is 0 Å². The first-order valence-electron chi connectivity index (χ1n) is 7.91. The van der Waals surface area contributed by atoms with Crippen LogP contribution in [0.4, 0.5) is 5.95 Å². The fraction of sp³-hybridized carbons (Fsp3) is 0.412. The van der Waals surface area contributed by atoms with E-state index in [1.165, 1.54) is 0 Å². The molecule has 0 fully saturated rings. The molecule has 0 aliphatic rings. The minimum absolute atomic E-state index is 0.438. The lowest BCUT2D eigenvalue weighted by Crippen LogP contribution is -2.18. The summed E-state index contributed by atoms with van der Waals surface area (Å²) in [6.07, 6.45) is 0.391. The Morgan fingerprint density at radius 1 is 1.35 bits per heavy atom. The third kappa shape index (κ3) is 3.07. The molecular formula is C17H22N4O2. The van der Waals surface area contributed by atoms with Gasteiger partial charge in [-0.2, -0.15) is 0 Å². The topological polar surface area (TPSA) is 76.1 Å². The third-order valence-electron chi connectivity index (χ3n) is 3.93. The van der Waals surface area contributed by atoms with Crippen molar-refractivity contribution < 1.29 is 9.63 Å². The van der Waals surface area contributed by atoms with Gasteiger partial charge in [0.2, 0.25) is 5.95 Å². The van der Waals surface area contributed by atoms with Gasteiger partial charge in [-0.05, 0) is 32.4 Å². The predicted molar refractivity (Wildman–Crippen MR) is 89.6 cm³/mol. The molecule has 0 radical (unpaired) electrons. The van der Waals surface area contributed by atoms with E-state index in [9.17, 15) is 5.11 Å². The molecule has 0 aliphatic carbocycles. The van der Waals surface area contributed by atoms with Crippen molar-refractivity contribution in [3.05, 3.63) is 41.3 Å². The number of nitrogens with zero attached hydrogens (tertiary/aromatic N) is 3. The number of benzene rings is 1. The molecular weight excluding hydrogens is 292 g/mol. The summed E-state index contributed by atoms with van der Waals surface area (Å²) in [6.45, 7) is 6.84. The van der Waals surface area contributed by atoms with Crippen LogP contribution in [0.2, 0.25) is 0 Å². The van der Waals surface area contributed by atoms with Crippen LogP contribution in [-0.4, -0.2) is 32.5 Å². The molecule has 2 N–H and O–H groups in total. The summed E-state index contributed by atoms with van der Waals surface area (Å²) in [4.78, 5) is 4.64. The molecule has 2 aromatic heterocycles. The van der Waals surface area contributed by atoms with Crippen LogP contribution in [0.5, 0.6) is 0 Å². The summed E-state index contributed by atoms with van der Waals surface area (Å²) in [5, 5.41) is 16.9. The molecule has 3 aromatic rings. The van der Waals surface area contributed by atoms with Gasteiger partial charge < -0.3 is 19.5 Å². The van der Waals surface area contributed by atoms with Crippen molar-refractivity contribution in [1.82, 2.24) is 14.7 Å². The third-order valence-corrected chi connectivity index (χ3v) is 3.93. The summed E-state index contributed by atoms with van der Waals surface area (Å²) < 4.78 is 7.45. The highest BCUT2D eigenvalue weighted by atomic mass is 16.5. The van der Waals surface area contributed by atoms with E-state index in [0.29, 0.717) is 13.1 Å². The van der Waals surface area contributed by atoms with E-state index in [-0.39, 0.29) is 0 Å². The number of aliphatic hydroxyl groups excluding tert-OH is 1. The van der Waals surface area contributed by atoms with Crippen LogP contribution in [0.15, 0.2) is 28.8 Å². The highest BCUT2D eigenvalue weighted by molar-refractivity contribution is 5.78. The number of fused-ring (bicyclic) bond motifs is 1. The maximum Gasteiger partial charge on any atom is 0.204 e. The van der Waals surface area contributed by atoms with Crippen molar-refractivity contribution in [2.75, 3.05) is 11.9 Å². The Morgan fingerprint density at radius 3 is 2.87 bits per heavy atom. The predicted octanol–water partition coefficient (Wildman–Crippen LogP) is 2.74. The summed E-state index contributed by atoms with van der Waals surface area (Å²) in [5.74, 6) is 1.58. The highest BCUT2D eigenvalue weighted by Gasteiger charge is 2.16. The Bertz CT molecular complexity index is 804. The summed E-state index contributed by atoms with van der Waals surface area (Å²) in [7, 11) is 0. The molecule has 0 bridgehead atoms. The maximum absolute atomic E-state index is 9.54. The molecule has 3 rings (SSSR count). The molecule has 122 valence electrons. The number of aromatic nitrogens is 3. The number of hydrogen-bond acceptors (Lipinski definition) is 5. The fourth-order valence-corrected chi connectivity index (χ4v) is 2.69. The van der Waals surface area contributed by atoms with Gasteiger partial charge in [-0.3, -0.25) is 0 Å². The molecule has 6 heteroatoms. The van der Waals surface area contributed by atoms with Gasteiger partial charge in [-0.1, -0.05) is 24.2 Å². The van der Waals surface area contributed by atoms with Crippen molar-refractivity contribution >= 4 is 17.0 Å². The average Bonchev–Trinajstić information content (AvgIpc) is 3.07. The quantitative estimate of drug-likeness (QED) is 0.731. The number of para-hydroxylation sites is 2. The number of aryl methyl sites for hydroxylation is 2. The lowest BCUT2D eigenvalue weighted by Gasteiger charge is -2.12. The first-order valence-corrected chi connectivity index (χ1v) is 7.91. The van der Waals surface area contributed by atoms with Gasteiger partial charge >= 0.3 is 0 Å². The second-order valence-electron chi connectivity index (χ2n) is 5.76. The fourth-order valence-electron chi connectivity index (χ4n) is 2.69. The van der Waals surface area contributed by atoms with E-state index in [0.717, 1.165) is 40.4 Å². The van der Waals surface area contributed by atoms with E-state index in [1.807, 2.05) is 31.2 Å². The molecule has 2 heterocycles. The Balaban J connectivity index is 2.03. The van der Waals surface area contributed by atoms with Crippen LogP contribution in [0, 0.1) is 6.92 Å². The minimum atomic E-state index is -0.438. The number of imidazole rings is 1. The van der Waals surface area contributed by atoms with Crippen LogP contribution in [0.1, 0.15) is 30.9 Å². The van der Waals surface area contributed by atoms with Gasteiger partial charge in [0.25, 0.3) is 0 Å². The van der Waals surface area contributed by atoms with Gasteiger partial charge in [0.05, 0.1) is 29.4 Å². The number of hydrogen-bond donors (Lipinski definition) is 2. The molecule has 0 spiro atoms. The van der Waals surface area contributed by atoms with Crippen LogP contribution < -0.4 is 5.32 Å². The number of aliphatic hydroxyl groups is 1. The maximum atomic E-state index is 9.54. The second kappa shape index (κ2) is 6.42. The molecule has 23 heavy (non-hydrogen) atoms. The normalized spacial score (nSPS) is 12.7. The van der Waals surface area contributed by atoms with Crippen molar-refractivity contribution in [3.63, 3.8) is 0 Å². The molecule has 0 saturated carbocycles. The number of rotatable bonds is 6. The molecule has 1 aromatic carbocycles. The standard InChI is InChI=1S/C17H22N4O2/c1-4-14-13(12(3)23-20-14)10-21-16-8-6-5-7-15(16)19-17(21)18-9-11(2)22/h5-8,11,22H,4,9-10H2,1-3H3,(H,18,19). The average molecular weight is 314 g/mol. The summed E-state index contributed by atoms with van der Waals surface area (Å²) in [5.41, 5.74) is 4.04. The van der Waals surface area contributed by atoms with Gasteiger partial charge in [0, 0.05) is 12.1 Å². The van der Waals surface area contributed by atoms with E-state index in [1.54, 1.807) is 6.92 Å². The van der Waals surface area contributed by atoms with Gasteiger partial charge in [0.15, 0.2) is 0 Å². The SMILES string of the molecule is CCc1noc(C)c1Cn1c(NCC(C)O)nc2ccccc21. The van der Waals surface area contributed by atoms with Crippen LogP contribution in [0.25, 0.3) is 11.0 Å². The molecule has 6 nitrogen and oxygen atoms in total. The van der Waals surface area contributed by atoms with Gasteiger partial charge in [-0.25, -0.2) is 4.98 Å². The zero-order chi connectivity index (χ0) is 16.4. The van der Waals surface area contributed by atoms with Crippen molar-refractivity contribution in [2.24, 2.45) is 0 Å². The Labute approximate surface area is 135 Å². The zero-order valence-corrected chi connectivity index (χ0v) is 13.7. The van der Waals surface area contributed by atoms with Gasteiger partial charge in [0.1, 0.15) is 5.76 Å².